The van der Waals surface area contributed by atoms with Crippen LogP contribution in [0.2, 0.25) is 0 Å². The number of nitrogens with zero attached hydrogens (tertiary/aromatic N) is 2. The molecular weight excluding hydrogens is 312 g/mol. The molecule has 0 radical (unpaired) electrons. The van der Waals surface area contributed by atoms with Crippen LogP contribution < -0.4 is 16.6 Å². The second-order valence-electron chi connectivity index (χ2n) is 5.19. The summed E-state index contributed by atoms with van der Waals surface area (Å²) in [6, 6.07) is 8.00. The number of carbonyl (C=O) groups excluding carboxylic acids is 2. The van der Waals surface area contributed by atoms with E-state index >= 15 is 0 Å². The molecule has 1 amide bonds. The van der Waals surface area contributed by atoms with Gasteiger partial charge in [-0.15, -0.1) is 0 Å². The number of rotatable bonds is 6. The molecule has 8 nitrogen and oxygen atoms in total. The number of para-hydroxylation sites is 1. The number of Topliss-reactive ketones (excluding diaryl/α,β-unsaturated/α-hetero) is 1. The van der Waals surface area contributed by atoms with Crippen LogP contribution in [0.3, 0.4) is 0 Å². The molecule has 1 aromatic heterocycles. The fourth-order valence-electron chi connectivity index (χ4n) is 2.22. The van der Waals surface area contributed by atoms with Crippen LogP contribution in [0.5, 0.6) is 0 Å². The van der Waals surface area contributed by atoms with Gasteiger partial charge in [0.25, 0.3) is 5.56 Å². The van der Waals surface area contributed by atoms with Crippen LogP contribution in [-0.4, -0.2) is 27.8 Å². The van der Waals surface area contributed by atoms with E-state index in [2.05, 4.69) is 10.3 Å². The number of benzene rings is 1. The van der Waals surface area contributed by atoms with E-state index in [1.807, 2.05) is 6.92 Å². The molecule has 0 saturated heterocycles. The molecule has 0 bridgehead atoms. The van der Waals surface area contributed by atoms with Crippen molar-refractivity contribution in [3.05, 3.63) is 45.1 Å². The summed E-state index contributed by atoms with van der Waals surface area (Å²) in [4.78, 5) is 50.9. The monoisotopic (exact) mass is 328 g/mol. The number of nitriles is 1. The summed E-state index contributed by atoms with van der Waals surface area (Å²) in [5.41, 5.74) is -1.06. The van der Waals surface area contributed by atoms with Crippen LogP contribution >= 0.6 is 0 Å². The number of amides is 1. The summed E-state index contributed by atoms with van der Waals surface area (Å²) >= 11 is 0. The first-order chi connectivity index (χ1) is 11.5. The lowest BCUT2D eigenvalue weighted by molar-refractivity contribution is -0.132. The summed E-state index contributed by atoms with van der Waals surface area (Å²) in [7, 11) is 0. The van der Waals surface area contributed by atoms with Gasteiger partial charge in [-0.2, -0.15) is 5.26 Å². The lowest BCUT2D eigenvalue weighted by Crippen LogP contribution is -2.42. The minimum Gasteiger partial charge on any atom is -0.355 e. The Morgan fingerprint density at radius 2 is 2.04 bits per heavy atom. The van der Waals surface area contributed by atoms with Gasteiger partial charge in [0.2, 0.25) is 5.91 Å². The molecule has 0 aliphatic rings. The molecule has 24 heavy (non-hydrogen) atoms. The predicted octanol–water partition coefficient (Wildman–Crippen LogP) is -0.0751. The molecule has 1 aromatic carbocycles. The summed E-state index contributed by atoms with van der Waals surface area (Å²) in [6.45, 7) is 1.52. The number of hydrogen-bond donors (Lipinski definition) is 2. The van der Waals surface area contributed by atoms with Crippen molar-refractivity contribution < 1.29 is 9.59 Å². The van der Waals surface area contributed by atoms with E-state index in [1.165, 1.54) is 6.07 Å². The largest absolute Gasteiger partial charge is 0.355 e. The Kier molecular flexibility index (Phi) is 5.27. The Labute approximate surface area is 136 Å². The molecule has 1 unspecified atom stereocenters. The quantitative estimate of drug-likeness (QED) is 0.718. The average Bonchev–Trinajstić information content (AvgIpc) is 2.57. The fourth-order valence-corrected chi connectivity index (χ4v) is 2.22. The van der Waals surface area contributed by atoms with Crippen LogP contribution in [0.1, 0.15) is 13.3 Å². The van der Waals surface area contributed by atoms with Crippen LogP contribution in [0, 0.1) is 17.2 Å². The van der Waals surface area contributed by atoms with E-state index in [0.717, 1.165) is 0 Å². The van der Waals surface area contributed by atoms with Crippen molar-refractivity contribution >= 4 is 22.6 Å². The molecule has 0 spiro atoms. The highest BCUT2D eigenvalue weighted by Gasteiger charge is 2.27. The van der Waals surface area contributed by atoms with Crippen LogP contribution in [-0.2, 0) is 16.1 Å². The van der Waals surface area contributed by atoms with E-state index < -0.39 is 35.4 Å². The maximum atomic E-state index is 12.3. The van der Waals surface area contributed by atoms with Crippen molar-refractivity contribution in [1.29, 1.82) is 5.26 Å². The topological polar surface area (TPSA) is 125 Å². The standard InChI is InChI=1S/C16H16N4O4/c1-2-7-18-14(22)11(8-17)13(21)9-20-15(23)10-5-3-4-6-12(10)19-16(20)24/h3-6,11H,2,7,9H2,1H3,(H,18,22)(H,19,24). The van der Waals surface area contributed by atoms with Gasteiger partial charge in [0.15, 0.2) is 11.7 Å². The first kappa shape index (κ1) is 17.1. The highest BCUT2D eigenvalue weighted by Crippen LogP contribution is 2.04. The van der Waals surface area contributed by atoms with Crippen LogP contribution in [0.25, 0.3) is 10.9 Å². The molecule has 1 heterocycles. The molecule has 0 saturated carbocycles. The Bertz CT molecular complexity index is 935. The van der Waals surface area contributed by atoms with Gasteiger partial charge >= 0.3 is 5.69 Å². The van der Waals surface area contributed by atoms with Gasteiger partial charge in [-0.05, 0) is 18.6 Å². The highest BCUT2D eigenvalue weighted by atomic mass is 16.2. The lowest BCUT2D eigenvalue weighted by atomic mass is 10.0. The van der Waals surface area contributed by atoms with Crippen molar-refractivity contribution in [1.82, 2.24) is 14.9 Å². The van der Waals surface area contributed by atoms with Crippen LogP contribution in [0.4, 0.5) is 0 Å². The number of hydrogen-bond acceptors (Lipinski definition) is 5. The van der Waals surface area contributed by atoms with Crippen LogP contribution in [0.15, 0.2) is 33.9 Å². The van der Waals surface area contributed by atoms with Crippen molar-refractivity contribution in [2.45, 2.75) is 19.9 Å². The normalized spacial score (nSPS) is 11.7. The molecule has 2 N–H and O–H groups in total. The number of aromatic amines is 1. The van der Waals surface area contributed by atoms with Crippen molar-refractivity contribution in [3.63, 3.8) is 0 Å². The van der Waals surface area contributed by atoms with Gasteiger partial charge in [-0.25, -0.2) is 4.79 Å². The Balaban J connectivity index is 2.34. The minimum absolute atomic E-state index is 0.244. The lowest BCUT2D eigenvalue weighted by Gasteiger charge is -2.10. The number of H-pyrrole nitrogens is 1. The zero-order valence-corrected chi connectivity index (χ0v) is 13.0. The maximum absolute atomic E-state index is 12.3. The third kappa shape index (κ3) is 3.41. The number of carbonyl (C=O) groups is 2. The SMILES string of the molecule is CCCNC(=O)C(C#N)C(=O)Cn1c(=O)[nH]c2ccccc2c1=O. The zero-order chi connectivity index (χ0) is 17.7. The first-order valence-electron chi connectivity index (χ1n) is 7.41. The van der Waals surface area contributed by atoms with E-state index in [1.54, 1.807) is 24.3 Å². The molecule has 0 aliphatic carbocycles. The number of nitrogens with one attached hydrogen (secondary N) is 2. The third-order valence-corrected chi connectivity index (χ3v) is 3.47. The van der Waals surface area contributed by atoms with Gasteiger partial charge in [0.05, 0.1) is 23.5 Å². The minimum atomic E-state index is -1.56. The second-order valence-corrected chi connectivity index (χ2v) is 5.19. The summed E-state index contributed by atoms with van der Waals surface area (Å²) in [6.07, 6.45) is 0.655. The Morgan fingerprint density at radius 1 is 1.33 bits per heavy atom. The number of aromatic nitrogens is 2. The molecule has 1 atom stereocenters. The molecule has 2 aromatic rings. The zero-order valence-electron chi connectivity index (χ0n) is 13.0. The van der Waals surface area contributed by atoms with Crippen molar-refractivity contribution in [2.75, 3.05) is 6.54 Å². The molecular formula is C16H16N4O4. The molecule has 8 heteroatoms. The van der Waals surface area contributed by atoms with Crippen molar-refractivity contribution in [3.8, 4) is 6.07 Å². The second kappa shape index (κ2) is 7.37. The molecule has 0 aliphatic heterocycles. The average molecular weight is 328 g/mol. The van der Waals surface area contributed by atoms with Gasteiger partial charge in [0, 0.05) is 6.54 Å². The number of ketones is 1. The molecule has 124 valence electrons. The Hall–Kier alpha value is -3.21. The predicted molar refractivity (Wildman–Crippen MR) is 86.2 cm³/mol. The highest BCUT2D eigenvalue weighted by molar-refractivity contribution is 6.03. The number of fused-ring (bicyclic) bond motifs is 1. The fraction of sp³-hybridized carbons (Fsp3) is 0.312. The Morgan fingerprint density at radius 3 is 2.71 bits per heavy atom. The van der Waals surface area contributed by atoms with E-state index in [-0.39, 0.29) is 5.39 Å². The van der Waals surface area contributed by atoms with E-state index in [9.17, 15) is 19.2 Å². The first-order valence-corrected chi connectivity index (χ1v) is 7.41. The summed E-state index contributed by atoms with van der Waals surface area (Å²) < 4.78 is 0.697. The summed E-state index contributed by atoms with van der Waals surface area (Å²) in [5, 5.41) is 11.7. The van der Waals surface area contributed by atoms with E-state index in [4.69, 9.17) is 5.26 Å². The smallest absolute Gasteiger partial charge is 0.329 e. The van der Waals surface area contributed by atoms with Gasteiger partial charge < -0.3 is 10.3 Å². The summed E-state index contributed by atoms with van der Waals surface area (Å²) in [5.74, 6) is -3.10. The van der Waals surface area contributed by atoms with Gasteiger partial charge in [-0.3, -0.25) is 19.0 Å². The molecule has 0 fully saturated rings. The maximum Gasteiger partial charge on any atom is 0.329 e. The van der Waals surface area contributed by atoms with Gasteiger partial charge in [0.1, 0.15) is 0 Å². The van der Waals surface area contributed by atoms with E-state index in [0.29, 0.717) is 23.0 Å². The third-order valence-electron chi connectivity index (χ3n) is 3.47. The van der Waals surface area contributed by atoms with Crippen molar-refractivity contribution in [2.24, 2.45) is 5.92 Å². The molecule has 2 rings (SSSR count). The van der Waals surface area contributed by atoms with Gasteiger partial charge in [-0.1, -0.05) is 19.1 Å².